The molecule has 2 aliphatic heterocycles. The van der Waals surface area contributed by atoms with E-state index in [0.29, 0.717) is 16.0 Å². The van der Waals surface area contributed by atoms with Crippen LogP contribution in [0.1, 0.15) is 23.6 Å². The van der Waals surface area contributed by atoms with Gasteiger partial charge in [0.2, 0.25) is 5.95 Å². The van der Waals surface area contributed by atoms with Crippen LogP contribution in [0, 0.1) is 11.3 Å². The Bertz CT molecular complexity index is 2070. The number of rotatable bonds is 9. The van der Waals surface area contributed by atoms with Gasteiger partial charge in [0.1, 0.15) is 27.6 Å². The highest BCUT2D eigenvalue weighted by molar-refractivity contribution is 7.93. The predicted octanol–water partition coefficient (Wildman–Crippen LogP) is 3.65. The summed E-state index contributed by atoms with van der Waals surface area (Å²) < 4.78 is 47.0. The van der Waals surface area contributed by atoms with Gasteiger partial charge in [-0.3, -0.25) is 4.79 Å². The summed E-state index contributed by atoms with van der Waals surface area (Å²) in [6.45, 7) is 1.96. The zero-order chi connectivity index (χ0) is 34.9. The summed E-state index contributed by atoms with van der Waals surface area (Å²) in [6, 6.07) is 17.4. The van der Waals surface area contributed by atoms with Crippen LogP contribution >= 0.6 is 0 Å². The molecule has 6 rings (SSSR count). The van der Waals surface area contributed by atoms with Crippen molar-refractivity contribution in [1.29, 1.82) is 5.26 Å². The number of hydrogen-bond acceptors (Lipinski definition) is 11. The highest BCUT2D eigenvalue weighted by Gasteiger charge is 2.64. The molecule has 2 atom stereocenters. The fraction of sp³-hybridized carbons (Fsp3) is 0.265. The minimum Gasteiger partial charge on any atom is -0.497 e. The zero-order valence-corrected chi connectivity index (χ0v) is 27.6. The molecule has 3 aromatic carbocycles. The molecule has 2 unspecified atom stereocenters. The van der Waals surface area contributed by atoms with E-state index in [9.17, 15) is 23.6 Å². The summed E-state index contributed by atoms with van der Waals surface area (Å²) in [5.74, 6) is -0.173. The number of nitriles is 1. The van der Waals surface area contributed by atoms with Crippen molar-refractivity contribution in [1.82, 2.24) is 14.9 Å². The molecular formula is C34H32N6O8S. The van der Waals surface area contributed by atoms with Crippen molar-refractivity contribution < 1.29 is 37.3 Å². The van der Waals surface area contributed by atoms with E-state index in [0.717, 1.165) is 4.90 Å². The molecular weight excluding hydrogens is 652 g/mol. The van der Waals surface area contributed by atoms with Crippen LogP contribution in [-0.4, -0.2) is 86.9 Å². The number of para-hydroxylation sites is 1. The van der Waals surface area contributed by atoms with Gasteiger partial charge in [-0.1, -0.05) is 18.2 Å². The van der Waals surface area contributed by atoms with E-state index in [1.807, 2.05) is 0 Å². The van der Waals surface area contributed by atoms with Crippen molar-refractivity contribution in [3.05, 3.63) is 95.8 Å². The number of ether oxygens (including phenoxy) is 3. The molecule has 14 nitrogen and oxygen atoms in total. The SMILES string of the molecule is CCOc1ccccc1C1(C2CN(c3ncccn3)CCN2C(=O)O)C(=O)N(S(=O)(=O)c2ccc(OC)cc2OC)c2ccc(C#N)cc21. The second-order valence-corrected chi connectivity index (χ2v) is 12.9. The smallest absolute Gasteiger partial charge is 0.407 e. The Hall–Kier alpha value is -5.88. The second kappa shape index (κ2) is 13.0. The Balaban J connectivity index is 1.69. The lowest BCUT2D eigenvalue weighted by Gasteiger charge is -2.48. The van der Waals surface area contributed by atoms with Crippen LogP contribution in [0.5, 0.6) is 17.2 Å². The average Bonchev–Trinajstić information content (AvgIpc) is 3.39. The maximum atomic E-state index is 15.6. The first kappa shape index (κ1) is 33.0. The number of piperazine rings is 1. The number of fused-ring (bicyclic) bond motifs is 1. The molecule has 49 heavy (non-hydrogen) atoms. The van der Waals surface area contributed by atoms with Crippen molar-refractivity contribution >= 4 is 33.7 Å². The lowest BCUT2D eigenvalue weighted by atomic mass is 9.68. The summed E-state index contributed by atoms with van der Waals surface area (Å²) in [4.78, 5) is 39.9. The van der Waals surface area contributed by atoms with Crippen LogP contribution in [0.25, 0.3) is 0 Å². The summed E-state index contributed by atoms with van der Waals surface area (Å²) in [6.07, 6.45) is 1.77. The Morgan fingerprint density at radius 3 is 2.43 bits per heavy atom. The Labute approximate surface area is 282 Å². The largest absolute Gasteiger partial charge is 0.497 e. The summed E-state index contributed by atoms with van der Waals surface area (Å²) in [7, 11) is -2.05. The molecule has 2 amide bonds. The van der Waals surface area contributed by atoms with E-state index in [-0.39, 0.29) is 65.0 Å². The minimum atomic E-state index is -4.76. The molecule has 0 aliphatic carbocycles. The van der Waals surface area contributed by atoms with Gasteiger partial charge in [-0.25, -0.2) is 27.5 Å². The molecule has 2 aliphatic rings. The van der Waals surface area contributed by atoms with E-state index in [1.165, 1.54) is 50.6 Å². The van der Waals surface area contributed by atoms with Gasteiger partial charge in [0.15, 0.2) is 0 Å². The lowest BCUT2D eigenvalue weighted by molar-refractivity contribution is -0.122. The van der Waals surface area contributed by atoms with Crippen molar-refractivity contribution in [2.24, 2.45) is 0 Å². The predicted molar refractivity (Wildman–Crippen MR) is 177 cm³/mol. The van der Waals surface area contributed by atoms with Gasteiger partial charge in [-0.15, -0.1) is 0 Å². The van der Waals surface area contributed by atoms with Crippen LogP contribution in [0.4, 0.5) is 16.4 Å². The van der Waals surface area contributed by atoms with Gasteiger partial charge in [-0.2, -0.15) is 5.26 Å². The van der Waals surface area contributed by atoms with Crippen LogP contribution < -0.4 is 23.4 Å². The standard InChI is InChI=1S/C34H32N6O8S/c1-4-48-27-9-6-5-8-24(27)34(30-21-38(16-17-39(30)33(42)43)32-36-14-7-15-37-32)25-18-22(20-35)10-12-26(25)40(31(34)41)49(44,45)29-13-11-23(46-2)19-28(29)47-3/h5-15,18-19,30H,4,16-17,21H2,1-3H3,(H,42,43). The van der Waals surface area contributed by atoms with Crippen LogP contribution in [0.2, 0.25) is 0 Å². The van der Waals surface area contributed by atoms with E-state index >= 15 is 4.79 Å². The molecule has 1 saturated heterocycles. The highest BCUT2D eigenvalue weighted by Crippen LogP contribution is 2.54. The maximum absolute atomic E-state index is 15.6. The molecule has 1 aromatic heterocycles. The normalized spacial score (nSPS) is 18.9. The fourth-order valence-electron chi connectivity index (χ4n) is 6.66. The molecule has 0 bridgehead atoms. The maximum Gasteiger partial charge on any atom is 0.407 e. The number of benzene rings is 3. The van der Waals surface area contributed by atoms with Crippen molar-refractivity contribution in [3.63, 3.8) is 0 Å². The molecule has 1 fully saturated rings. The number of sulfonamides is 1. The van der Waals surface area contributed by atoms with Gasteiger partial charge in [-0.05, 0) is 49.4 Å². The third-order valence-electron chi connectivity index (χ3n) is 8.75. The first-order valence-corrected chi connectivity index (χ1v) is 16.7. The van der Waals surface area contributed by atoms with Gasteiger partial charge in [0.25, 0.3) is 15.9 Å². The molecule has 3 heterocycles. The number of hydrogen-bond donors (Lipinski definition) is 1. The van der Waals surface area contributed by atoms with E-state index in [1.54, 1.807) is 54.5 Å². The lowest BCUT2D eigenvalue weighted by Crippen LogP contribution is -2.66. The molecule has 4 aromatic rings. The average molecular weight is 685 g/mol. The topological polar surface area (TPSA) is 175 Å². The van der Waals surface area contributed by atoms with E-state index < -0.39 is 33.5 Å². The van der Waals surface area contributed by atoms with Gasteiger partial charge >= 0.3 is 6.09 Å². The van der Waals surface area contributed by atoms with E-state index in [2.05, 4.69) is 16.0 Å². The van der Waals surface area contributed by atoms with Gasteiger partial charge < -0.3 is 29.1 Å². The molecule has 0 saturated carbocycles. The number of nitrogens with zero attached hydrogens (tertiary/aromatic N) is 6. The zero-order valence-electron chi connectivity index (χ0n) is 26.8. The van der Waals surface area contributed by atoms with Crippen molar-refractivity contribution in [3.8, 4) is 23.3 Å². The third kappa shape index (κ3) is 5.30. The van der Waals surface area contributed by atoms with Gasteiger partial charge in [0.05, 0.1) is 44.2 Å². The summed E-state index contributed by atoms with van der Waals surface area (Å²) in [5, 5.41) is 20.7. The van der Waals surface area contributed by atoms with Crippen LogP contribution in [0.3, 0.4) is 0 Å². The van der Waals surface area contributed by atoms with Gasteiger partial charge in [0, 0.05) is 49.2 Å². The van der Waals surface area contributed by atoms with Crippen LogP contribution in [0.15, 0.2) is 84.0 Å². The monoisotopic (exact) mass is 684 g/mol. The molecule has 0 spiro atoms. The fourth-order valence-corrected chi connectivity index (χ4v) is 8.28. The first-order chi connectivity index (χ1) is 23.6. The Kier molecular flexibility index (Phi) is 8.74. The number of carbonyl (C=O) groups is 2. The summed E-state index contributed by atoms with van der Waals surface area (Å²) >= 11 is 0. The number of aromatic nitrogens is 2. The van der Waals surface area contributed by atoms with Crippen LogP contribution in [-0.2, 0) is 20.2 Å². The molecule has 252 valence electrons. The number of carbonyl (C=O) groups excluding carboxylic acids is 1. The quantitative estimate of drug-likeness (QED) is 0.271. The number of anilines is 2. The molecule has 0 radical (unpaired) electrons. The first-order valence-electron chi connectivity index (χ1n) is 15.2. The Morgan fingerprint density at radius 1 is 1.00 bits per heavy atom. The number of amides is 2. The van der Waals surface area contributed by atoms with Crippen molar-refractivity contribution in [2.75, 3.05) is 49.7 Å². The third-order valence-corrected chi connectivity index (χ3v) is 10.5. The second-order valence-electron chi connectivity index (χ2n) is 11.2. The summed E-state index contributed by atoms with van der Waals surface area (Å²) in [5.41, 5.74) is -1.62. The minimum absolute atomic E-state index is 0.0494. The number of methoxy groups -OCH3 is 2. The van der Waals surface area contributed by atoms with E-state index in [4.69, 9.17) is 14.2 Å². The number of carboxylic acid groups (broad SMARTS) is 1. The molecule has 1 N–H and O–H groups in total. The Morgan fingerprint density at radius 2 is 1.76 bits per heavy atom. The van der Waals surface area contributed by atoms with Crippen molar-refractivity contribution in [2.45, 2.75) is 23.3 Å². The highest BCUT2D eigenvalue weighted by atomic mass is 32.2. The molecule has 15 heteroatoms.